The van der Waals surface area contributed by atoms with Crippen LogP contribution in [0.5, 0.6) is 0 Å². The van der Waals surface area contributed by atoms with Gasteiger partial charge in [0.1, 0.15) is 10.8 Å². The van der Waals surface area contributed by atoms with E-state index in [9.17, 15) is 38.4 Å². The smallest absolute Gasteiger partial charge is 0.136 e. The van der Waals surface area contributed by atoms with E-state index in [1.54, 1.807) is 0 Å². The van der Waals surface area contributed by atoms with Crippen molar-refractivity contribution in [2.45, 2.75) is 0 Å². The average molecular weight is 603 g/mol. The van der Waals surface area contributed by atoms with Crippen LogP contribution in [0.4, 0.5) is 0 Å². The molecule has 0 aromatic carbocycles. The van der Waals surface area contributed by atoms with Gasteiger partial charge in [-0.15, -0.1) is 0 Å². The molecule has 27 heavy (non-hydrogen) atoms. The molecule has 0 aliphatic carbocycles. The van der Waals surface area contributed by atoms with E-state index in [0.717, 1.165) is 0 Å². The van der Waals surface area contributed by atoms with E-state index < -0.39 is 58.1 Å². The van der Waals surface area contributed by atoms with Crippen LogP contribution < -0.4 is 0 Å². The number of amides is 8. The molecular weight excluding hydrogens is 599 g/mol. The fraction of sp³-hybridized carbons (Fsp3) is 0.200. The van der Waals surface area contributed by atoms with Gasteiger partial charge in [-0.05, 0) is 0 Å². The van der Waals surface area contributed by atoms with Gasteiger partial charge >= 0.3 is 0 Å². The molecule has 4 saturated heterocycles. The van der Waals surface area contributed by atoms with Gasteiger partial charge in [-0.3, -0.25) is 0 Å². The summed E-state index contributed by atoms with van der Waals surface area (Å²) in [6.45, 7) is 0. The number of imide groups is 4. The molecule has 0 saturated carbocycles. The van der Waals surface area contributed by atoms with Crippen molar-refractivity contribution in [3.05, 3.63) is 33.6 Å². The minimum Gasteiger partial charge on any atom is -0.693 e. The Morgan fingerprint density at radius 2 is 0.481 bits per heavy atom. The number of hydrogen-bond donors (Lipinski definition) is 0. The quantitative estimate of drug-likeness (QED) is 0.248. The fourth-order valence-electron chi connectivity index (χ4n) is 1.93. The van der Waals surface area contributed by atoms with Crippen LogP contribution in [0, 0.1) is 10.8 Å². The second-order valence-electron chi connectivity index (χ2n) is 4.39. The minimum atomic E-state index is -2.11. The van der Waals surface area contributed by atoms with Crippen molar-refractivity contribution < 1.29 is 136 Å². The standard InChI is InChI=1S/2C5H2N2O4.2H2N.3Y/c2*8-1-5(2(9)6-1)3(10)7-4(5)11;;;;;/h2*(H2,6,7,8,9,10,11);2*1H2;;;/q;;2*-1;;;/p-4. The van der Waals surface area contributed by atoms with Crippen LogP contribution >= 0.6 is 0 Å². The zero-order valence-corrected chi connectivity index (χ0v) is 21.5. The summed E-state index contributed by atoms with van der Waals surface area (Å²) >= 11 is 0. The first kappa shape index (κ1) is 31.5. The third-order valence-electron chi connectivity index (χ3n) is 3.38. The van der Waals surface area contributed by atoms with Crippen molar-refractivity contribution >= 4 is 47.3 Å². The van der Waals surface area contributed by atoms with E-state index in [1.807, 2.05) is 0 Å². The number of nitrogens with zero attached hydrogens (tertiary/aromatic N) is 4. The molecule has 4 fully saturated rings. The van der Waals surface area contributed by atoms with Gasteiger partial charge in [0.25, 0.3) is 0 Å². The van der Waals surface area contributed by atoms with Crippen LogP contribution in [-0.2, 0) is 136 Å². The molecule has 0 unspecified atom stereocenters. The van der Waals surface area contributed by atoms with Crippen LogP contribution in [-0.4, -0.2) is 47.3 Å². The molecule has 0 aromatic heterocycles. The molecule has 8 amide bonds. The van der Waals surface area contributed by atoms with Gasteiger partial charge in [-0.2, -0.15) is 0 Å². The molecule has 4 rings (SSSR count). The molecule has 4 heterocycles. The molecular formula is C10H4N6O8Y3-6. The number of β-lactam (4-membered cyclic amide) rings is 8. The Hall–Kier alpha value is -0.208. The first-order chi connectivity index (χ1) is 10.2. The van der Waals surface area contributed by atoms with Crippen LogP contribution in [0.3, 0.4) is 0 Å². The van der Waals surface area contributed by atoms with Gasteiger partial charge in [-0.25, -0.2) is 0 Å². The number of hydrogen-bond acceptors (Lipinski definition) is 8. The Bertz CT molecular complexity index is 592. The van der Waals surface area contributed by atoms with Crippen LogP contribution in [0.25, 0.3) is 33.6 Å². The molecule has 4 aliphatic rings. The van der Waals surface area contributed by atoms with Crippen LogP contribution in [0.2, 0.25) is 0 Å². The van der Waals surface area contributed by atoms with E-state index in [-0.39, 0.29) is 110 Å². The Balaban J connectivity index is -0.000000360. The third-order valence-corrected chi connectivity index (χ3v) is 3.38. The Kier molecular flexibility index (Phi) is 11.7. The fourth-order valence-corrected chi connectivity index (χ4v) is 1.93. The zero-order chi connectivity index (χ0) is 16.4. The van der Waals surface area contributed by atoms with Gasteiger partial charge in [0.15, 0.2) is 0 Å². The van der Waals surface area contributed by atoms with E-state index in [1.165, 1.54) is 0 Å². The van der Waals surface area contributed by atoms with E-state index in [2.05, 4.69) is 21.3 Å². The van der Waals surface area contributed by atoms with Crippen molar-refractivity contribution in [3.63, 3.8) is 0 Å². The predicted molar refractivity (Wildman–Crippen MR) is 68.9 cm³/mol. The van der Waals surface area contributed by atoms with E-state index in [4.69, 9.17) is 0 Å². The summed E-state index contributed by atoms with van der Waals surface area (Å²) < 4.78 is 0. The average Bonchev–Trinajstić information content (AvgIpc) is 2.38. The van der Waals surface area contributed by atoms with Gasteiger partial charge in [0.2, 0.25) is 0 Å². The molecule has 0 atom stereocenters. The van der Waals surface area contributed by atoms with Crippen LogP contribution in [0.1, 0.15) is 0 Å². The zero-order valence-electron chi connectivity index (χ0n) is 12.9. The first-order valence-electron chi connectivity index (χ1n) is 5.42. The SMILES string of the molecule is O=C1[N-]C(=O)C12C(=O)[N-]C2=O.O=C1[N-]C(=O)C12C(=O)[N-]C2=O.[NH2-].[NH2-].[Y].[Y].[Y]. The largest absolute Gasteiger partial charge is 0.693 e. The molecule has 0 aromatic rings. The summed E-state index contributed by atoms with van der Waals surface area (Å²) in [4.78, 5) is 84.6. The van der Waals surface area contributed by atoms with Crippen molar-refractivity contribution in [3.8, 4) is 0 Å². The Labute approximate surface area is 225 Å². The maximum Gasteiger partial charge on any atom is 0.136 e. The molecule has 4 N–H and O–H groups in total. The number of carbonyl (C=O) groups excluding carboxylic acids is 8. The predicted octanol–water partition coefficient (Wildman–Crippen LogP) is -0.866. The summed E-state index contributed by atoms with van der Waals surface area (Å²) in [6.07, 6.45) is 0. The minimum absolute atomic E-state index is 0. The summed E-state index contributed by atoms with van der Waals surface area (Å²) in [7, 11) is 0. The normalized spacial score (nSPS) is 20.7. The second-order valence-corrected chi connectivity index (χ2v) is 4.39. The molecule has 137 valence electrons. The van der Waals surface area contributed by atoms with Crippen molar-refractivity contribution in [1.82, 2.24) is 0 Å². The van der Waals surface area contributed by atoms with E-state index >= 15 is 0 Å². The molecule has 2 spiro atoms. The molecule has 17 heteroatoms. The third kappa shape index (κ3) is 3.59. The maximum atomic E-state index is 10.6. The monoisotopic (exact) mass is 603 g/mol. The summed E-state index contributed by atoms with van der Waals surface area (Å²) in [5.41, 5.74) is -4.22. The number of rotatable bonds is 0. The second kappa shape index (κ2) is 10.0. The molecule has 14 nitrogen and oxygen atoms in total. The van der Waals surface area contributed by atoms with Gasteiger partial charge < -0.3 is 71.9 Å². The summed E-state index contributed by atoms with van der Waals surface area (Å²) in [6, 6.07) is 0. The first-order valence-corrected chi connectivity index (χ1v) is 5.42. The summed E-state index contributed by atoms with van der Waals surface area (Å²) in [5.74, 6) is -7.83. The Morgan fingerprint density at radius 1 is 0.370 bits per heavy atom. The van der Waals surface area contributed by atoms with Crippen molar-refractivity contribution in [2.75, 3.05) is 0 Å². The molecule has 0 bridgehead atoms. The van der Waals surface area contributed by atoms with E-state index in [0.29, 0.717) is 0 Å². The summed E-state index contributed by atoms with van der Waals surface area (Å²) in [5, 5.41) is 11.3. The van der Waals surface area contributed by atoms with Gasteiger partial charge in [-0.1, -0.05) is 0 Å². The number of carbonyl (C=O) groups is 8. The Morgan fingerprint density at radius 3 is 0.519 bits per heavy atom. The topological polar surface area (TPSA) is 260 Å². The molecule has 4 aliphatic heterocycles. The molecule has 3 radical (unpaired) electrons. The van der Waals surface area contributed by atoms with Crippen molar-refractivity contribution in [2.24, 2.45) is 10.8 Å². The van der Waals surface area contributed by atoms with Crippen LogP contribution in [0.15, 0.2) is 0 Å². The van der Waals surface area contributed by atoms with Gasteiger partial charge in [0, 0.05) is 98.1 Å². The van der Waals surface area contributed by atoms with Gasteiger partial charge in [0.05, 0.1) is 47.3 Å². The number of nitrogens with two attached hydrogens (primary N) is 2. The maximum absolute atomic E-state index is 10.6. The van der Waals surface area contributed by atoms with Crippen molar-refractivity contribution in [1.29, 1.82) is 0 Å².